The Morgan fingerprint density at radius 1 is 1.46 bits per heavy atom. The summed E-state index contributed by atoms with van der Waals surface area (Å²) in [5.41, 5.74) is 0. The van der Waals surface area contributed by atoms with Crippen LogP contribution in [0.25, 0.3) is 0 Å². The highest BCUT2D eigenvalue weighted by Gasteiger charge is 2.35. The molecule has 2 rings (SSSR count). The van der Waals surface area contributed by atoms with E-state index in [0.29, 0.717) is 6.04 Å². The van der Waals surface area contributed by atoms with Crippen molar-refractivity contribution in [3.8, 4) is 0 Å². The molecule has 2 aliphatic rings. The molecule has 1 saturated heterocycles. The Morgan fingerprint density at radius 3 is 2.77 bits per heavy atom. The molecule has 1 N–H and O–H groups in total. The van der Waals surface area contributed by atoms with E-state index in [1.807, 2.05) is 0 Å². The zero-order valence-corrected chi connectivity index (χ0v) is 7.65. The molecule has 1 unspecified atom stereocenters. The van der Waals surface area contributed by atoms with Gasteiger partial charge in [0.1, 0.15) is 0 Å². The van der Waals surface area contributed by atoms with Gasteiger partial charge in [-0.05, 0) is 19.3 Å². The van der Waals surface area contributed by atoms with Gasteiger partial charge < -0.3 is 5.11 Å². The first kappa shape index (κ1) is 8.75. The van der Waals surface area contributed by atoms with Crippen LogP contribution in [0.4, 0.5) is 0 Å². The lowest BCUT2D eigenvalue weighted by atomic mass is 9.93. The summed E-state index contributed by atoms with van der Waals surface area (Å²) in [6, 6.07) is 0.518. The van der Waals surface area contributed by atoms with E-state index in [1.165, 1.54) is 19.3 Å². The minimum absolute atomic E-state index is 0.115. The van der Waals surface area contributed by atoms with E-state index in [4.69, 9.17) is 5.11 Å². The summed E-state index contributed by atoms with van der Waals surface area (Å²) < 4.78 is 0. The third kappa shape index (κ3) is 1.75. The summed E-state index contributed by atoms with van der Waals surface area (Å²) in [6.45, 7) is 1.48. The highest BCUT2D eigenvalue weighted by molar-refractivity contribution is 5.71. The second-order valence-electron chi connectivity index (χ2n) is 3.92. The summed E-state index contributed by atoms with van der Waals surface area (Å²) in [5, 5.41) is 8.70. The van der Waals surface area contributed by atoms with Crippen LogP contribution in [0, 0.1) is 5.92 Å². The van der Waals surface area contributed by atoms with Gasteiger partial charge in [-0.3, -0.25) is 9.69 Å². The van der Waals surface area contributed by atoms with Crippen molar-refractivity contribution in [1.29, 1.82) is 0 Å². The zero-order chi connectivity index (χ0) is 9.26. The van der Waals surface area contributed by atoms with Crippen molar-refractivity contribution in [2.75, 3.05) is 13.1 Å². The number of nitrogens with zero attached hydrogens (tertiary/aromatic N) is 1. The molecule has 72 valence electrons. The largest absolute Gasteiger partial charge is 0.481 e. The summed E-state index contributed by atoms with van der Waals surface area (Å²) in [7, 11) is 0. The SMILES string of the molecule is O=C(O)C1CN(C2C=CCCC2)C1. The van der Waals surface area contributed by atoms with Gasteiger partial charge in [0.2, 0.25) is 0 Å². The first-order valence-electron chi connectivity index (χ1n) is 4.91. The van der Waals surface area contributed by atoms with Crippen LogP contribution in [0.15, 0.2) is 12.2 Å². The molecule has 3 nitrogen and oxygen atoms in total. The average molecular weight is 181 g/mol. The third-order valence-corrected chi connectivity index (χ3v) is 2.96. The summed E-state index contributed by atoms with van der Waals surface area (Å²) in [4.78, 5) is 12.8. The minimum atomic E-state index is -0.643. The van der Waals surface area contributed by atoms with Gasteiger partial charge in [-0.25, -0.2) is 0 Å². The number of likely N-dealkylation sites (tertiary alicyclic amines) is 1. The Hall–Kier alpha value is -0.830. The predicted octanol–water partition coefficient (Wildman–Crippen LogP) is 1.11. The number of hydrogen-bond donors (Lipinski definition) is 1. The molecular formula is C10H15NO2. The highest BCUT2D eigenvalue weighted by atomic mass is 16.4. The van der Waals surface area contributed by atoms with Gasteiger partial charge in [0.25, 0.3) is 0 Å². The average Bonchev–Trinajstić information content (AvgIpc) is 2.02. The lowest BCUT2D eigenvalue weighted by Crippen LogP contribution is -2.54. The minimum Gasteiger partial charge on any atom is -0.481 e. The predicted molar refractivity (Wildman–Crippen MR) is 49.5 cm³/mol. The maximum absolute atomic E-state index is 10.6. The summed E-state index contributed by atoms with van der Waals surface area (Å²) in [5.74, 6) is -0.758. The lowest BCUT2D eigenvalue weighted by molar-refractivity contribution is -0.148. The van der Waals surface area contributed by atoms with E-state index in [-0.39, 0.29) is 5.92 Å². The van der Waals surface area contributed by atoms with Gasteiger partial charge in [0, 0.05) is 19.1 Å². The van der Waals surface area contributed by atoms with Crippen molar-refractivity contribution in [3.63, 3.8) is 0 Å². The lowest BCUT2D eigenvalue weighted by Gasteiger charge is -2.42. The van der Waals surface area contributed by atoms with Crippen molar-refractivity contribution in [2.45, 2.75) is 25.3 Å². The van der Waals surface area contributed by atoms with Gasteiger partial charge in [0.15, 0.2) is 0 Å². The Morgan fingerprint density at radius 2 is 2.23 bits per heavy atom. The van der Waals surface area contributed by atoms with Gasteiger partial charge in [-0.15, -0.1) is 0 Å². The number of carbonyl (C=O) groups is 1. The Labute approximate surface area is 78.0 Å². The number of rotatable bonds is 2. The second kappa shape index (κ2) is 3.50. The number of carboxylic acid groups (broad SMARTS) is 1. The van der Waals surface area contributed by atoms with E-state index in [0.717, 1.165) is 13.1 Å². The normalized spacial score (nSPS) is 30.0. The second-order valence-corrected chi connectivity index (χ2v) is 3.92. The van der Waals surface area contributed by atoms with Crippen LogP contribution in [-0.2, 0) is 4.79 Å². The van der Waals surface area contributed by atoms with Crippen molar-refractivity contribution in [1.82, 2.24) is 4.90 Å². The molecule has 0 saturated carbocycles. The Bertz CT molecular complexity index is 231. The molecule has 3 heteroatoms. The van der Waals surface area contributed by atoms with Crippen LogP contribution in [-0.4, -0.2) is 35.1 Å². The summed E-state index contributed by atoms with van der Waals surface area (Å²) in [6.07, 6.45) is 8.06. The molecular weight excluding hydrogens is 166 g/mol. The first-order valence-corrected chi connectivity index (χ1v) is 4.91. The van der Waals surface area contributed by atoms with E-state index in [1.54, 1.807) is 0 Å². The molecule has 13 heavy (non-hydrogen) atoms. The van der Waals surface area contributed by atoms with Crippen molar-refractivity contribution < 1.29 is 9.90 Å². The fourth-order valence-corrected chi connectivity index (χ4v) is 2.04. The molecule has 0 aromatic heterocycles. The zero-order valence-electron chi connectivity index (χ0n) is 7.65. The molecule has 0 aromatic rings. The molecule has 1 aliphatic heterocycles. The van der Waals surface area contributed by atoms with Crippen LogP contribution < -0.4 is 0 Å². The number of aliphatic carboxylic acids is 1. The van der Waals surface area contributed by atoms with Crippen LogP contribution in [0.3, 0.4) is 0 Å². The van der Waals surface area contributed by atoms with Gasteiger partial charge in [-0.1, -0.05) is 12.2 Å². The molecule has 0 aromatic carbocycles. The van der Waals surface area contributed by atoms with E-state index >= 15 is 0 Å². The molecule has 1 fully saturated rings. The molecule has 0 bridgehead atoms. The fourth-order valence-electron chi connectivity index (χ4n) is 2.04. The number of carboxylic acids is 1. The Balaban J connectivity index is 1.82. The molecule has 1 heterocycles. The van der Waals surface area contributed by atoms with Crippen LogP contribution in [0.5, 0.6) is 0 Å². The van der Waals surface area contributed by atoms with Crippen LogP contribution in [0.2, 0.25) is 0 Å². The van der Waals surface area contributed by atoms with Crippen LogP contribution in [0.1, 0.15) is 19.3 Å². The molecule has 1 aliphatic carbocycles. The molecule has 0 radical (unpaired) electrons. The molecule has 0 spiro atoms. The van der Waals surface area contributed by atoms with Gasteiger partial charge in [-0.2, -0.15) is 0 Å². The maximum Gasteiger partial charge on any atom is 0.309 e. The van der Waals surface area contributed by atoms with Crippen molar-refractivity contribution in [3.05, 3.63) is 12.2 Å². The molecule has 1 atom stereocenters. The third-order valence-electron chi connectivity index (χ3n) is 2.96. The highest BCUT2D eigenvalue weighted by Crippen LogP contribution is 2.24. The van der Waals surface area contributed by atoms with E-state index in [9.17, 15) is 4.79 Å². The summed E-state index contributed by atoms with van der Waals surface area (Å²) >= 11 is 0. The van der Waals surface area contributed by atoms with Crippen molar-refractivity contribution >= 4 is 5.97 Å². The van der Waals surface area contributed by atoms with Crippen molar-refractivity contribution in [2.24, 2.45) is 5.92 Å². The number of allylic oxidation sites excluding steroid dienone is 1. The smallest absolute Gasteiger partial charge is 0.309 e. The van der Waals surface area contributed by atoms with Crippen LogP contribution >= 0.6 is 0 Å². The van der Waals surface area contributed by atoms with Gasteiger partial charge >= 0.3 is 5.97 Å². The Kier molecular flexibility index (Phi) is 2.36. The maximum atomic E-state index is 10.6. The quantitative estimate of drug-likeness (QED) is 0.649. The standard InChI is InChI=1S/C10H15NO2/c12-10(13)8-6-11(7-8)9-4-2-1-3-5-9/h2,4,8-9H,1,3,5-7H2,(H,12,13). The van der Waals surface area contributed by atoms with E-state index < -0.39 is 5.97 Å². The van der Waals surface area contributed by atoms with E-state index in [2.05, 4.69) is 17.1 Å². The molecule has 0 amide bonds. The topological polar surface area (TPSA) is 40.5 Å². The first-order chi connectivity index (χ1) is 6.27. The fraction of sp³-hybridized carbons (Fsp3) is 0.700. The van der Waals surface area contributed by atoms with Gasteiger partial charge in [0.05, 0.1) is 5.92 Å². The number of hydrogen-bond acceptors (Lipinski definition) is 2. The monoisotopic (exact) mass is 181 g/mol.